The molecule has 0 bridgehead atoms. The van der Waals surface area contributed by atoms with Crippen LogP contribution in [0.3, 0.4) is 0 Å². The number of methoxy groups -OCH3 is 1. The molecule has 7 heteroatoms. The van der Waals surface area contributed by atoms with E-state index in [0.717, 1.165) is 11.3 Å². The second kappa shape index (κ2) is 7.55. The molecule has 0 amide bonds. The maximum absolute atomic E-state index is 13.9. The highest BCUT2D eigenvalue weighted by Gasteiger charge is 2.07. The summed E-state index contributed by atoms with van der Waals surface area (Å²) in [6.45, 7) is 0. The Morgan fingerprint density at radius 2 is 2.08 bits per heavy atom. The summed E-state index contributed by atoms with van der Waals surface area (Å²) in [6.07, 6.45) is 1.41. The molecule has 3 aromatic rings. The molecule has 122 valence electrons. The van der Waals surface area contributed by atoms with Crippen LogP contribution in [0.25, 0.3) is 11.3 Å². The van der Waals surface area contributed by atoms with E-state index in [4.69, 9.17) is 4.74 Å². The van der Waals surface area contributed by atoms with E-state index in [1.165, 1.54) is 30.7 Å². The molecule has 0 unspecified atom stereocenters. The first-order valence-corrected chi connectivity index (χ1v) is 8.67. The van der Waals surface area contributed by atoms with Gasteiger partial charge in [0.15, 0.2) is 0 Å². The number of hydrogen-bond donors (Lipinski definition) is 1. The number of nitrogens with zero attached hydrogens (tertiary/aromatic N) is 2. The van der Waals surface area contributed by atoms with Gasteiger partial charge in [0.2, 0.25) is 5.13 Å². The van der Waals surface area contributed by atoms with Crippen molar-refractivity contribution in [1.29, 1.82) is 0 Å². The van der Waals surface area contributed by atoms with Crippen LogP contribution in [0.15, 0.2) is 57.4 Å². The van der Waals surface area contributed by atoms with Gasteiger partial charge in [-0.15, -0.1) is 11.3 Å². The lowest BCUT2D eigenvalue weighted by atomic mass is 10.2. The van der Waals surface area contributed by atoms with Crippen molar-refractivity contribution >= 4 is 38.6 Å². The average Bonchev–Trinajstić information content (AvgIpc) is 3.07. The molecule has 0 aliphatic rings. The molecule has 4 nitrogen and oxygen atoms in total. The molecular formula is C17H13BrFN3OS. The fraction of sp³-hybridized carbons (Fsp3) is 0.0588. The molecule has 0 aliphatic carbocycles. The van der Waals surface area contributed by atoms with Gasteiger partial charge in [-0.05, 0) is 22.0 Å². The summed E-state index contributed by atoms with van der Waals surface area (Å²) in [5.41, 5.74) is 5.07. The minimum absolute atomic E-state index is 0.343. The largest absolute Gasteiger partial charge is 0.495 e. The normalized spacial score (nSPS) is 11.0. The first-order valence-electron chi connectivity index (χ1n) is 7.00. The monoisotopic (exact) mass is 405 g/mol. The highest BCUT2D eigenvalue weighted by molar-refractivity contribution is 9.10. The summed E-state index contributed by atoms with van der Waals surface area (Å²) in [5.74, 6) is 0.0229. The smallest absolute Gasteiger partial charge is 0.203 e. The van der Waals surface area contributed by atoms with Crippen molar-refractivity contribution < 1.29 is 9.13 Å². The Morgan fingerprint density at radius 1 is 1.29 bits per heavy atom. The summed E-state index contributed by atoms with van der Waals surface area (Å²) in [4.78, 5) is 4.45. The molecule has 0 radical (unpaired) electrons. The maximum Gasteiger partial charge on any atom is 0.203 e. The zero-order valence-corrected chi connectivity index (χ0v) is 15.1. The number of benzene rings is 2. The van der Waals surface area contributed by atoms with Gasteiger partial charge >= 0.3 is 0 Å². The van der Waals surface area contributed by atoms with Crippen LogP contribution < -0.4 is 10.2 Å². The van der Waals surface area contributed by atoms with Crippen molar-refractivity contribution in [1.82, 2.24) is 4.98 Å². The summed E-state index contributed by atoms with van der Waals surface area (Å²) in [5, 5.41) is 6.63. The summed E-state index contributed by atoms with van der Waals surface area (Å²) >= 11 is 4.76. The van der Waals surface area contributed by atoms with Crippen LogP contribution in [-0.2, 0) is 0 Å². The number of ether oxygens (including phenoxy) is 1. The van der Waals surface area contributed by atoms with E-state index >= 15 is 0 Å². The topological polar surface area (TPSA) is 46.5 Å². The zero-order chi connectivity index (χ0) is 16.9. The zero-order valence-electron chi connectivity index (χ0n) is 12.7. The van der Waals surface area contributed by atoms with E-state index in [9.17, 15) is 4.39 Å². The van der Waals surface area contributed by atoms with Crippen LogP contribution in [-0.4, -0.2) is 18.3 Å². The fourth-order valence-electron chi connectivity index (χ4n) is 2.02. The number of anilines is 1. The van der Waals surface area contributed by atoms with Crippen molar-refractivity contribution in [3.05, 3.63) is 63.7 Å². The predicted octanol–water partition coefficient (Wildman–Crippen LogP) is 5.17. The van der Waals surface area contributed by atoms with E-state index in [0.29, 0.717) is 20.9 Å². The van der Waals surface area contributed by atoms with E-state index < -0.39 is 5.82 Å². The molecule has 24 heavy (non-hydrogen) atoms. The maximum atomic E-state index is 13.9. The van der Waals surface area contributed by atoms with Crippen molar-refractivity contribution in [2.75, 3.05) is 12.5 Å². The molecule has 3 rings (SSSR count). The number of aromatic nitrogens is 1. The highest BCUT2D eigenvalue weighted by Crippen LogP contribution is 2.27. The van der Waals surface area contributed by atoms with Crippen LogP contribution in [0.1, 0.15) is 5.56 Å². The number of thiazole rings is 1. The number of hydrazone groups is 1. The molecule has 1 aromatic heterocycles. The minimum Gasteiger partial charge on any atom is -0.495 e. The van der Waals surface area contributed by atoms with E-state index in [2.05, 4.69) is 31.4 Å². The van der Waals surface area contributed by atoms with Crippen LogP contribution >= 0.6 is 27.3 Å². The first-order chi connectivity index (χ1) is 11.7. The van der Waals surface area contributed by atoms with Crippen LogP contribution in [0.5, 0.6) is 5.75 Å². The Bertz CT molecular complexity index is 868. The van der Waals surface area contributed by atoms with Crippen LogP contribution in [0.2, 0.25) is 0 Å². The third-order valence-electron chi connectivity index (χ3n) is 3.21. The van der Waals surface area contributed by atoms with Gasteiger partial charge in [-0.1, -0.05) is 30.3 Å². The lowest BCUT2D eigenvalue weighted by molar-refractivity contribution is 0.408. The third-order valence-corrected chi connectivity index (χ3v) is 4.58. The van der Waals surface area contributed by atoms with Crippen molar-refractivity contribution in [2.24, 2.45) is 5.10 Å². The minimum atomic E-state index is -0.412. The SMILES string of the molecule is COc1cc(F)c(C=NNc2nc(-c3ccccc3)cs2)cc1Br. The predicted molar refractivity (Wildman–Crippen MR) is 99.4 cm³/mol. The van der Waals surface area contributed by atoms with Gasteiger partial charge in [0, 0.05) is 22.6 Å². The Kier molecular flexibility index (Phi) is 5.22. The molecule has 0 fully saturated rings. The van der Waals surface area contributed by atoms with Crippen LogP contribution in [0.4, 0.5) is 9.52 Å². The summed E-state index contributed by atoms with van der Waals surface area (Å²) < 4.78 is 19.6. The van der Waals surface area contributed by atoms with Crippen LogP contribution in [0, 0.1) is 5.82 Å². The van der Waals surface area contributed by atoms with Gasteiger partial charge in [0.25, 0.3) is 0 Å². The van der Waals surface area contributed by atoms with Crippen molar-refractivity contribution in [3.63, 3.8) is 0 Å². The molecule has 0 atom stereocenters. The molecular weight excluding hydrogens is 393 g/mol. The van der Waals surface area contributed by atoms with E-state index in [-0.39, 0.29) is 0 Å². The Labute approximate surface area is 151 Å². The van der Waals surface area contributed by atoms with E-state index in [1.807, 2.05) is 35.7 Å². The van der Waals surface area contributed by atoms with Crippen molar-refractivity contribution in [2.45, 2.75) is 0 Å². The van der Waals surface area contributed by atoms with Gasteiger partial charge in [-0.3, -0.25) is 5.43 Å². The van der Waals surface area contributed by atoms with Gasteiger partial charge < -0.3 is 4.74 Å². The molecule has 0 aliphatic heterocycles. The van der Waals surface area contributed by atoms with Gasteiger partial charge in [0.05, 0.1) is 23.5 Å². The third kappa shape index (κ3) is 3.80. The number of nitrogens with one attached hydrogen (secondary N) is 1. The lowest BCUT2D eigenvalue weighted by Gasteiger charge is -2.04. The number of rotatable bonds is 5. The van der Waals surface area contributed by atoms with Gasteiger partial charge in [-0.25, -0.2) is 9.37 Å². The average molecular weight is 406 g/mol. The standard InChI is InChI=1S/C17H13BrFN3OS/c1-23-16-8-14(19)12(7-13(16)18)9-20-22-17-21-15(10-24-17)11-5-3-2-4-6-11/h2-10H,1H3,(H,21,22). The Balaban J connectivity index is 1.71. The second-order valence-electron chi connectivity index (χ2n) is 4.78. The molecule has 2 aromatic carbocycles. The van der Waals surface area contributed by atoms with E-state index in [1.54, 1.807) is 6.07 Å². The quantitative estimate of drug-likeness (QED) is 0.470. The Morgan fingerprint density at radius 3 is 2.83 bits per heavy atom. The van der Waals surface area contributed by atoms with Gasteiger partial charge in [-0.2, -0.15) is 5.10 Å². The molecule has 1 heterocycles. The Hall–Kier alpha value is -2.25. The molecule has 1 N–H and O–H groups in total. The highest BCUT2D eigenvalue weighted by atomic mass is 79.9. The molecule has 0 saturated carbocycles. The summed E-state index contributed by atoms with van der Waals surface area (Å²) in [6, 6.07) is 12.8. The molecule has 0 saturated heterocycles. The number of halogens is 2. The molecule has 0 spiro atoms. The van der Waals surface area contributed by atoms with Gasteiger partial charge in [0.1, 0.15) is 11.6 Å². The second-order valence-corrected chi connectivity index (χ2v) is 6.49. The fourth-order valence-corrected chi connectivity index (χ4v) is 3.21. The summed E-state index contributed by atoms with van der Waals surface area (Å²) in [7, 11) is 1.49. The first kappa shape index (κ1) is 16.6. The lowest BCUT2D eigenvalue weighted by Crippen LogP contribution is -1.95. The van der Waals surface area contributed by atoms with Crippen molar-refractivity contribution in [3.8, 4) is 17.0 Å². The number of hydrogen-bond acceptors (Lipinski definition) is 5.